The maximum Gasteiger partial charge on any atom is 1.00 e. The van der Waals surface area contributed by atoms with E-state index in [1.165, 1.54) is 0 Å². The molecule has 2 aromatic rings. The standard InChI is InChI=1S/C22H21ClN2O4S.Na/c1-22(2,3)16-4-7-18(8-5-16)30(28,29)24-20-9-6-17(23)14-19(20)21(26)15-10-12-25(27)13-11-15;/h4-14,26H,1-3H3;/q;+1/p-1/b21-19-,24-20+;/i1D3,2D3,3D3,4D,5D,7D,8D;. The van der Waals surface area contributed by atoms with Crippen molar-refractivity contribution in [1.29, 1.82) is 0 Å². The topological polar surface area (TPSA) is 96.5 Å². The summed E-state index contributed by atoms with van der Waals surface area (Å²) >= 11 is 5.98. The van der Waals surface area contributed by atoms with Gasteiger partial charge in [0.2, 0.25) is 0 Å². The molecule has 156 valence electrons. The van der Waals surface area contributed by atoms with Crippen LogP contribution in [0.4, 0.5) is 0 Å². The van der Waals surface area contributed by atoms with Crippen LogP contribution in [0.25, 0.3) is 5.76 Å². The van der Waals surface area contributed by atoms with E-state index in [-0.39, 0.29) is 40.2 Å². The minimum Gasteiger partial charge on any atom is -0.872 e. The molecular formula is C22H20ClN2NaO4S. The van der Waals surface area contributed by atoms with Crippen LogP contribution in [0.15, 0.2) is 86.8 Å². The van der Waals surface area contributed by atoms with Gasteiger partial charge in [-0.2, -0.15) is 17.5 Å². The summed E-state index contributed by atoms with van der Waals surface area (Å²) in [4.78, 5) is -1.44. The van der Waals surface area contributed by atoms with Gasteiger partial charge in [-0.1, -0.05) is 50.0 Å². The first-order valence-corrected chi connectivity index (χ1v) is 9.84. The summed E-state index contributed by atoms with van der Waals surface area (Å²) in [6.07, 6.45) is 5.19. The van der Waals surface area contributed by atoms with Crippen LogP contribution in [-0.2, 0) is 15.4 Å². The normalized spacial score (nSPS) is 24.5. The number of benzene rings is 1. The van der Waals surface area contributed by atoms with Crippen molar-refractivity contribution in [3.8, 4) is 0 Å². The molecule has 9 heteroatoms. The van der Waals surface area contributed by atoms with Crippen LogP contribution in [0.1, 0.15) is 49.5 Å². The Morgan fingerprint density at radius 2 is 1.77 bits per heavy atom. The summed E-state index contributed by atoms with van der Waals surface area (Å²) in [5, 5.41) is 24.4. The Bertz CT molecular complexity index is 1650. The summed E-state index contributed by atoms with van der Waals surface area (Å²) in [7, 11) is -5.31. The molecule has 1 aliphatic rings. The van der Waals surface area contributed by atoms with Crippen molar-refractivity contribution < 1.29 is 65.6 Å². The number of halogens is 1. The summed E-state index contributed by atoms with van der Waals surface area (Å²) < 4.78 is 135. The van der Waals surface area contributed by atoms with Gasteiger partial charge in [-0.25, -0.2) is 0 Å². The predicted octanol–water partition coefficient (Wildman–Crippen LogP) is 0.215. The van der Waals surface area contributed by atoms with Gasteiger partial charge < -0.3 is 10.3 Å². The molecule has 0 fully saturated rings. The first-order valence-electron chi connectivity index (χ1n) is 14.5. The number of sulfonamides is 1. The van der Waals surface area contributed by atoms with Crippen molar-refractivity contribution in [3.63, 3.8) is 0 Å². The van der Waals surface area contributed by atoms with E-state index in [1.54, 1.807) is 0 Å². The minimum atomic E-state index is -5.31. The maximum atomic E-state index is 13.4. The van der Waals surface area contributed by atoms with E-state index in [2.05, 4.69) is 4.40 Å². The monoisotopic (exact) mass is 479 g/mol. The zero-order valence-electron chi connectivity index (χ0n) is 28.9. The quantitative estimate of drug-likeness (QED) is 0.272. The van der Waals surface area contributed by atoms with E-state index in [9.17, 15) is 18.7 Å². The van der Waals surface area contributed by atoms with Crippen LogP contribution in [0, 0.1) is 5.21 Å². The van der Waals surface area contributed by atoms with Gasteiger partial charge in [0.05, 0.1) is 16.1 Å². The number of nitrogens with zero attached hydrogens (tertiary/aromatic N) is 2. The third-order valence-corrected chi connectivity index (χ3v) is 5.11. The van der Waals surface area contributed by atoms with Gasteiger partial charge in [-0.3, -0.25) is 0 Å². The first-order chi connectivity index (χ1) is 19.4. The number of rotatable bonds is 3. The van der Waals surface area contributed by atoms with Crippen molar-refractivity contribution in [2.75, 3.05) is 0 Å². The second-order valence-corrected chi connectivity index (χ2v) is 7.94. The van der Waals surface area contributed by atoms with Crippen molar-refractivity contribution in [3.05, 3.63) is 93.9 Å². The molecule has 0 N–H and O–H groups in total. The zero-order valence-corrected chi connectivity index (χ0v) is 19.4. The molecule has 0 unspecified atom stereocenters. The molecule has 6 nitrogen and oxygen atoms in total. The molecule has 0 aliphatic heterocycles. The fraction of sp³-hybridized carbons (Fsp3) is 0.182. The van der Waals surface area contributed by atoms with Crippen LogP contribution in [-0.4, -0.2) is 14.1 Å². The predicted molar refractivity (Wildman–Crippen MR) is 115 cm³/mol. The third-order valence-electron chi connectivity index (χ3n) is 3.72. The summed E-state index contributed by atoms with van der Waals surface area (Å²) in [6.45, 7) is -11.9. The van der Waals surface area contributed by atoms with E-state index in [0.717, 1.165) is 42.8 Å². The largest absolute Gasteiger partial charge is 1.00 e. The van der Waals surface area contributed by atoms with E-state index in [1.807, 2.05) is 0 Å². The average Bonchev–Trinajstić information content (AvgIpc) is 2.83. The Labute approximate surface area is 227 Å². The molecular weight excluding hydrogens is 447 g/mol. The summed E-state index contributed by atoms with van der Waals surface area (Å²) in [5.41, 5.74) is -6.57. The molecule has 0 atom stereocenters. The molecule has 0 bridgehead atoms. The zero-order chi connectivity index (χ0) is 33.1. The van der Waals surface area contributed by atoms with Crippen LogP contribution < -0.4 is 39.4 Å². The minimum absolute atomic E-state index is 0. The van der Waals surface area contributed by atoms with Crippen molar-refractivity contribution in [2.45, 2.75) is 30.9 Å². The molecule has 0 amide bonds. The van der Waals surface area contributed by atoms with Gasteiger partial charge >= 0.3 is 29.6 Å². The van der Waals surface area contributed by atoms with Crippen molar-refractivity contribution >= 4 is 33.1 Å². The van der Waals surface area contributed by atoms with E-state index >= 15 is 0 Å². The van der Waals surface area contributed by atoms with E-state index < -0.39 is 87.7 Å². The van der Waals surface area contributed by atoms with E-state index in [0.29, 0.717) is 4.73 Å². The summed E-state index contributed by atoms with van der Waals surface area (Å²) in [6, 6.07) is -3.81. The molecule has 0 spiro atoms. The van der Waals surface area contributed by atoms with Crippen molar-refractivity contribution in [2.24, 2.45) is 4.40 Å². The molecule has 1 aromatic heterocycles. The molecule has 1 heterocycles. The van der Waals surface area contributed by atoms with Crippen molar-refractivity contribution in [1.82, 2.24) is 0 Å². The molecule has 1 aliphatic carbocycles. The Morgan fingerprint density at radius 1 is 1.16 bits per heavy atom. The van der Waals surface area contributed by atoms with Crippen LogP contribution in [0.2, 0.25) is 0 Å². The van der Waals surface area contributed by atoms with Gasteiger partial charge in [-0.05, 0) is 52.4 Å². The molecule has 0 saturated carbocycles. The molecule has 3 rings (SSSR count). The molecule has 1 aromatic carbocycles. The Morgan fingerprint density at radius 3 is 2.35 bits per heavy atom. The SMILES string of the molecule is [2H]c1c([2H])c(S(=O)(=O)/N=C2\C=CC(Cl)=C\C2=C(\[O-])c2cc[n+]([O-])cc2)c([2H])c([2H])c1C(C([2H])([2H])[2H])(C([2H])([2H])[2H])C([2H])([2H])[2H].[Na+]. The fourth-order valence-electron chi connectivity index (χ4n) is 2.28. The molecule has 0 saturated heterocycles. The van der Waals surface area contributed by atoms with Gasteiger partial charge in [0.1, 0.15) is 0 Å². The van der Waals surface area contributed by atoms with Gasteiger partial charge in [0.25, 0.3) is 10.0 Å². The van der Waals surface area contributed by atoms with Crippen LogP contribution in [0.5, 0.6) is 0 Å². The average molecular weight is 480 g/mol. The summed E-state index contributed by atoms with van der Waals surface area (Å²) in [5.74, 6) is -0.843. The third kappa shape index (κ3) is 6.08. The molecule has 0 radical (unpaired) electrons. The Hall–Kier alpha value is -1.90. The van der Waals surface area contributed by atoms with E-state index in [4.69, 9.17) is 29.4 Å². The Balaban J connectivity index is 0.00000675. The smallest absolute Gasteiger partial charge is 0.872 e. The molecule has 31 heavy (non-hydrogen) atoms. The number of hydrogen-bond acceptors (Lipinski definition) is 4. The maximum absolute atomic E-state index is 13.4. The van der Waals surface area contributed by atoms with Gasteiger partial charge in [-0.15, -0.1) is 0 Å². The number of aromatic nitrogens is 1. The first kappa shape index (κ1) is 12.4. The second kappa shape index (κ2) is 9.71. The fourth-order valence-corrected chi connectivity index (χ4v) is 3.32. The Kier molecular flexibility index (Phi) is 3.87. The van der Waals surface area contributed by atoms with Crippen LogP contribution in [0.3, 0.4) is 0 Å². The number of hydrogen-bond donors (Lipinski definition) is 0. The van der Waals surface area contributed by atoms with Crippen LogP contribution >= 0.6 is 11.6 Å². The van der Waals surface area contributed by atoms with Gasteiger partial charge in [0, 0.05) is 29.5 Å². The number of allylic oxidation sites excluding steroid dienone is 5. The second-order valence-electron chi connectivity index (χ2n) is 5.96. The number of pyridine rings is 1. The van der Waals surface area contributed by atoms with Gasteiger partial charge in [0.15, 0.2) is 12.4 Å².